The number of unbranched alkanes of at least 4 members (excludes halogenated alkanes) is 1. The predicted octanol–water partition coefficient (Wildman–Crippen LogP) is 2.03. The van der Waals surface area contributed by atoms with Gasteiger partial charge in [0.25, 0.3) is 5.91 Å². The quantitative estimate of drug-likeness (QED) is 0.817. The van der Waals surface area contributed by atoms with Gasteiger partial charge in [0.2, 0.25) is 5.91 Å². The van der Waals surface area contributed by atoms with E-state index in [0.29, 0.717) is 11.2 Å². The van der Waals surface area contributed by atoms with E-state index in [9.17, 15) is 9.59 Å². The molecule has 1 aromatic rings. The maximum atomic E-state index is 11.9. The van der Waals surface area contributed by atoms with Crippen molar-refractivity contribution in [3.05, 3.63) is 22.6 Å². The van der Waals surface area contributed by atoms with Crippen LogP contribution in [0.5, 0.6) is 0 Å². The largest absolute Gasteiger partial charge is 0.444 e. The highest BCUT2D eigenvalue weighted by atomic mass is 79.9. The van der Waals surface area contributed by atoms with Crippen LogP contribution < -0.4 is 5.32 Å². The zero-order valence-electron chi connectivity index (χ0n) is 10.5. The number of furan rings is 1. The van der Waals surface area contributed by atoms with Crippen LogP contribution in [0.3, 0.4) is 0 Å². The van der Waals surface area contributed by atoms with Crippen LogP contribution in [0.4, 0.5) is 0 Å². The molecule has 2 amide bonds. The van der Waals surface area contributed by atoms with E-state index in [0.717, 1.165) is 12.8 Å². The minimum Gasteiger partial charge on any atom is -0.444 e. The molecule has 100 valence electrons. The van der Waals surface area contributed by atoms with Gasteiger partial charge in [0, 0.05) is 13.6 Å². The van der Waals surface area contributed by atoms with E-state index in [1.807, 2.05) is 0 Å². The molecule has 6 heteroatoms. The number of carbonyl (C=O) groups is 2. The van der Waals surface area contributed by atoms with Gasteiger partial charge >= 0.3 is 0 Å². The van der Waals surface area contributed by atoms with Crippen LogP contribution in [0.25, 0.3) is 0 Å². The van der Waals surface area contributed by atoms with Crippen molar-refractivity contribution in [1.82, 2.24) is 10.2 Å². The van der Waals surface area contributed by atoms with Crippen LogP contribution >= 0.6 is 15.9 Å². The third-order valence-corrected chi connectivity index (χ3v) is 2.79. The van der Waals surface area contributed by atoms with Gasteiger partial charge in [-0.3, -0.25) is 9.59 Å². The molecule has 0 unspecified atom stereocenters. The van der Waals surface area contributed by atoms with Gasteiger partial charge in [-0.15, -0.1) is 0 Å². The van der Waals surface area contributed by atoms with Crippen LogP contribution in [0.1, 0.15) is 30.3 Å². The molecule has 1 N–H and O–H groups in total. The van der Waals surface area contributed by atoms with E-state index in [4.69, 9.17) is 4.42 Å². The van der Waals surface area contributed by atoms with Gasteiger partial charge in [-0.1, -0.05) is 13.3 Å². The third-order valence-electron chi connectivity index (χ3n) is 2.36. The van der Waals surface area contributed by atoms with Crippen molar-refractivity contribution in [1.29, 1.82) is 0 Å². The molecule has 0 aliphatic heterocycles. The molecule has 0 fully saturated rings. The van der Waals surface area contributed by atoms with Gasteiger partial charge in [-0.25, -0.2) is 0 Å². The molecule has 0 radical (unpaired) electrons. The van der Waals surface area contributed by atoms with Crippen molar-refractivity contribution < 1.29 is 14.0 Å². The summed E-state index contributed by atoms with van der Waals surface area (Å²) in [4.78, 5) is 24.7. The van der Waals surface area contributed by atoms with E-state index in [1.54, 1.807) is 19.2 Å². The van der Waals surface area contributed by atoms with Crippen molar-refractivity contribution in [2.45, 2.75) is 19.8 Å². The van der Waals surface area contributed by atoms with E-state index in [1.165, 1.54) is 4.90 Å². The van der Waals surface area contributed by atoms with Gasteiger partial charge in [-0.05, 0) is 34.5 Å². The number of rotatable bonds is 6. The van der Waals surface area contributed by atoms with Crippen molar-refractivity contribution in [2.24, 2.45) is 0 Å². The van der Waals surface area contributed by atoms with Crippen LogP contribution in [-0.4, -0.2) is 36.9 Å². The Morgan fingerprint density at radius 2 is 2.17 bits per heavy atom. The highest BCUT2D eigenvalue weighted by Crippen LogP contribution is 2.15. The zero-order chi connectivity index (χ0) is 13.5. The minimum absolute atomic E-state index is 0.0286. The summed E-state index contributed by atoms with van der Waals surface area (Å²) >= 11 is 3.13. The summed E-state index contributed by atoms with van der Waals surface area (Å²) in [5, 5.41) is 2.75. The van der Waals surface area contributed by atoms with Crippen LogP contribution in [-0.2, 0) is 4.79 Å². The van der Waals surface area contributed by atoms with Gasteiger partial charge < -0.3 is 14.6 Å². The molecule has 1 heterocycles. The lowest BCUT2D eigenvalue weighted by atomic mass is 10.3. The van der Waals surface area contributed by atoms with Crippen molar-refractivity contribution in [3.8, 4) is 0 Å². The first kappa shape index (κ1) is 14.8. The maximum absolute atomic E-state index is 11.9. The Hall–Kier alpha value is -1.30. The van der Waals surface area contributed by atoms with Crippen molar-refractivity contribution in [2.75, 3.05) is 20.1 Å². The smallest absolute Gasteiger partial charge is 0.289 e. The third kappa shape index (κ3) is 4.52. The van der Waals surface area contributed by atoms with E-state index < -0.39 is 0 Å². The Balaban J connectivity index is 2.42. The number of likely N-dealkylation sites (N-methyl/N-ethyl adjacent to an activating group) is 1. The number of hydrogen-bond acceptors (Lipinski definition) is 3. The van der Waals surface area contributed by atoms with E-state index >= 15 is 0 Å². The van der Waals surface area contributed by atoms with Crippen LogP contribution in [0.2, 0.25) is 0 Å². The highest BCUT2D eigenvalue weighted by molar-refractivity contribution is 9.10. The second-order valence-corrected chi connectivity index (χ2v) is 4.75. The SMILES string of the molecule is CCCCNC(=O)CN(C)C(=O)c1ccc(Br)o1. The second-order valence-electron chi connectivity index (χ2n) is 3.97. The molecule has 0 spiro atoms. The Labute approximate surface area is 115 Å². The lowest BCUT2D eigenvalue weighted by Gasteiger charge is -2.15. The molecule has 1 rings (SSSR count). The lowest BCUT2D eigenvalue weighted by Crippen LogP contribution is -2.38. The van der Waals surface area contributed by atoms with Gasteiger partial charge in [0.15, 0.2) is 10.4 Å². The predicted molar refractivity (Wildman–Crippen MR) is 71.3 cm³/mol. The molecular formula is C12H17BrN2O3. The van der Waals surface area contributed by atoms with E-state index in [-0.39, 0.29) is 24.1 Å². The average Bonchev–Trinajstić information content (AvgIpc) is 2.75. The molecule has 0 saturated heterocycles. The molecule has 5 nitrogen and oxygen atoms in total. The first-order chi connectivity index (χ1) is 8.54. The molecule has 0 aliphatic rings. The van der Waals surface area contributed by atoms with Gasteiger partial charge in [0.1, 0.15) is 0 Å². The second kappa shape index (κ2) is 7.20. The molecule has 1 aromatic heterocycles. The number of carbonyl (C=O) groups excluding carboxylic acids is 2. The maximum Gasteiger partial charge on any atom is 0.289 e. The number of hydrogen-bond donors (Lipinski definition) is 1. The molecule has 0 atom stereocenters. The Morgan fingerprint density at radius 1 is 1.44 bits per heavy atom. The van der Waals surface area contributed by atoms with Crippen molar-refractivity contribution >= 4 is 27.7 Å². The Bertz CT molecular complexity index is 417. The fourth-order valence-electron chi connectivity index (χ4n) is 1.37. The minimum atomic E-state index is -0.314. The number of nitrogens with one attached hydrogen (secondary N) is 1. The summed E-state index contributed by atoms with van der Waals surface area (Å²) in [6.07, 6.45) is 1.96. The van der Waals surface area contributed by atoms with E-state index in [2.05, 4.69) is 28.2 Å². The monoisotopic (exact) mass is 316 g/mol. The molecule has 18 heavy (non-hydrogen) atoms. The molecule has 0 aliphatic carbocycles. The standard InChI is InChI=1S/C12H17BrN2O3/c1-3-4-7-14-11(16)8-15(2)12(17)9-5-6-10(13)18-9/h5-6H,3-4,7-8H2,1-2H3,(H,14,16). The highest BCUT2D eigenvalue weighted by Gasteiger charge is 2.17. The van der Waals surface area contributed by atoms with Crippen LogP contribution in [0, 0.1) is 0 Å². The number of halogens is 1. The van der Waals surface area contributed by atoms with Gasteiger partial charge in [0.05, 0.1) is 6.54 Å². The average molecular weight is 317 g/mol. The number of nitrogens with zero attached hydrogens (tertiary/aromatic N) is 1. The first-order valence-corrected chi connectivity index (χ1v) is 6.61. The Morgan fingerprint density at radius 3 is 2.72 bits per heavy atom. The lowest BCUT2D eigenvalue weighted by molar-refractivity contribution is -0.121. The fraction of sp³-hybridized carbons (Fsp3) is 0.500. The molecule has 0 aromatic carbocycles. The summed E-state index contributed by atoms with van der Waals surface area (Å²) in [5.74, 6) is -0.262. The summed E-state index contributed by atoms with van der Waals surface area (Å²) in [7, 11) is 1.57. The molecule has 0 bridgehead atoms. The summed E-state index contributed by atoms with van der Waals surface area (Å²) in [6.45, 7) is 2.72. The zero-order valence-corrected chi connectivity index (χ0v) is 12.1. The summed E-state index contributed by atoms with van der Waals surface area (Å²) < 4.78 is 5.63. The fourth-order valence-corrected chi connectivity index (χ4v) is 1.67. The first-order valence-electron chi connectivity index (χ1n) is 5.82. The molecular weight excluding hydrogens is 300 g/mol. The summed E-state index contributed by atoms with van der Waals surface area (Å²) in [5.41, 5.74) is 0. The number of amides is 2. The van der Waals surface area contributed by atoms with Gasteiger partial charge in [-0.2, -0.15) is 0 Å². The van der Waals surface area contributed by atoms with Crippen molar-refractivity contribution in [3.63, 3.8) is 0 Å². The normalized spacial score (nSPS) is 10.2. The summed E-state index contributed by atoms with van der Waals surface area (Å²) in [6, 6.07) is 3.21. The topological polar surface area (TPSA) is 62.6 Å². The Kier molecular flexibility index (Phi) is 5.91. The molecule has 0 saturated carbocycles. The van der Waals surface area contributed by atoms with Crippen LogP contribution in [0.15, 0.2) is 21.2 Å².